The molecule has 2 rings (SSSR count). The highest BCUT2D eigenvalue weighted by molar-refractivity contribution is 5.97. The first-order chi connectivity index (χ1) is 14.4. The Morgan fingerprint density at radius 2 is 2.10 bits per heavy atom. The average molecular weight is 409 g/mol. The van der Waals surface area contributed by atoms with Crippen LogP contribution in [0.25, 0.3) is 0 Å². The van der Waals surface area contributed by atoms with Gasteiger partial charge in [0.25, 0.3) is 0 Å². The number of rotatable bonds is 9. The molecule has 2 N–H and O–H groups in total. The number of phenols is 1. The Labute approximate surface area is 174 Å². The number of Topliss-reactive ketones (excluding diaryl/α,β-unsaturated/α-hetero) is 1. The van der Waals surface area contributed by atoms with Crippen molar-refractivity contribution in [3.05, 3.63) is 58.9 Å². The molecule has 0 saturated carbocycles. The van der Waals surface area contributed by atoms with Gasteiger partial charge in [-0.2, -0.15) is 5.26 Å². The van der Waals surface area contributed by atoms with Gasteiger partial charge >= 0.3 is 5.97 Å². The molecule has 1 heterocycles. The first-order valence-electron chi connectivity index (χ1n) is 9.29. The maximum atomic E-state index is 11.7. The van der Waals surface area contributed by atoms with Crippen LogP contribution in [0, 0.1) is 11.3 Å². The minimum Gasteiger partial charge on any atom is -0.507 e. The maximum absolute atomic E-state index is 11.7. The summed E-state index contributed by atoms with van der Waals surface area (Å²) in [6.07, 6.45) is 4.13. The summed E-state index contributed by atoms with van der Waals surface area (Å²) in [6.45, 7) is 3.57. The number of hydrogen-bond acceptors (Lipinski definition) is 8. The van der Waals surface area contributed by atoms with E-state index in [0.29, 0.717) is 23.6 Å². The number of aromatic nitrogens is 1. The SMILES string of the molecule is CCCc1c(OCc2ccnc(NC=C(C#N)C(=O)OC)c2)ccc(C(C)=O)c1O. The fourth-order valence-electron chi connectivity index (χ4n) is 2.73. The lowest BCUT2D eigenvalue weighted by Crippen LogP contribution is -2.06. The van der Waals surface area contributed by atoms with Gasteiger partial charge in [-0.3, -0.25) is 4.79 Å². The maximum Gasteiger partial charge on any atom is 0.350 e. The lowest BCUT2D eigenvalue weighted by Gasteiger charge is -2.15. The highest BCUT2D eigenvalue weighted by atomic mass is 16.5. The van der Waals surface area contributed by atoms with Crippen LogP contribution in [-0.2, 0) is 22.6 Å². The molecule has 0 bridgehead atoms. The van der Waals surface area contributed by atoms with Gasteiger partial charge in [0.1, 0.15) is 30.0 Å². The topological polar surface area (TPSA) is 122 Å². The monoisotopic (exact) mass is 409 g/mol. The molecule has 8 nitrogen and oxygen atoms in total. The number of anilines is 1. The predicted octanol–water partition coefficient (Wildman–Crippen LogP) is 3.51. The zero-order chi connectivity index (χ0) is 22.1. The Morgan fingerprint density at radius 3 is 2.73 bits per heavy atom. The van der Waals surface area contributed by atoms with E-state index < -0.39 is 5.97 Å². The van der Waals surface area contributed by atoms with Crippen LogP contribution >= 0.6 is 0 Å². The lowest BCUT2D eigenvalue weighted by atomic mass is 10.0. The predicted molar refractivity (Wildman–Crippen MR) is 110 cm³/mol. The number of ketones is 1. The highest BCUT2D eigenvalue weighted by Gasteiger charge is 2.16. The van der Waals surface area contributed by atoms with Gasteiger partial charge < -0.3 is 19.9 Å². The number of hydrogen-bond donors (Lipinski definition) is 2. The number of aromatic hydroxyl groups is 1. The molecule has 0 aliphatic heterocycles. The Kier molecular flexibility index (Phi) is 7.94. The van der Waals surface area contributed by atoms with E-state index in [1.165, 1.54) is 20.2 Å². The molecular weight excluding hydrogens is 386 g/mol. The second kappa shape index (κ2) is 10.6. The molecule has 0 aliphatic rings. The van der Waals surface area contributed by atoms with Crippen molar-refractivity contribution in [3.63, 3.8) is 0 Å². The van der Waals surface area contributed by atoms with Gasteiger partial charge in [0, 0.05) is 18.0 Å². The number of esters is 1. The number of methoxy groups -OCH3 is 1. The fourth-order valence-corrected chi connectivity index (χ4v) is 2.73. The van der Waals surface area contributed by atoms with Gasteiger partial charge in [0.15, 0.2) is 11.4 Å². The minimum absolute atomic E-state index is 0.0454. The minimum atomic E-state index is -0.748. The summed E-state index contributed by atoms with van der Waals surface area (Å²) in [6, 6.07) is 8.43. The molecule has 0 radical (unpaired) electrons. The number of nitrogens with one attached hydrogen (secondary N) is 1. The molecule has 0 unspecified atom stereocenters. The third-order valence-corrected chi connectivity index (χ3v) is 4.23. The standard InChI is InChI=1S/C22H23N3O5/c1-4-5-18-19(7-6-17(14(2)26)21(18)27)30-13-15-8-9-24-20(10-15)25-12-16(11-23)22(28)29-3/h6-10,12,27H,4-5,13H2,1-3H3,(H,24,25). The Bertz CT molecular complexity index is 1010. The van der Waals surface area contributed by atoms with Crippen molar-refractivity contribution >= 4 is 17.6 Å². The molecule has 0 atom stereocenters. The van der Waals surface area contributed by atoms with Gasteiger partial charge in [-0.05, 0) is 43.2 Å². The third-order valence-electron chi connectivity index (χ3n) is 4.23. The van der Waals surface area contributed by atoms with Crippen molar-refractivity contribution in [3.8, 4) is 17.6 Å². The van der Waals surface area contributed by atoms with Gasteiger partial charge in [0.05, 0.1) is 12.7 Å². The number of nitriles is 1. The Hall–Kier alpha value is -3.86. The highest BCUT2D eigenvalue weighted by Crippen LogP contribution is 2.33. The normalized spacial score (nSPS) is 10.8. The molecule has 0 fully saturated rings. The summed E-state index contributed by atoms with van der Waals surface area (Å²) in [7, 11) is 1.19. The first-order valence-corrected chi connectivity index (χ1v) is 9.29. The molecule has 1 aromatic heterocycles. The number of carbonyl (C=O) groups excluding carboxylic acids is 2. The molecule has 156 valence electrons. The van der Waals surface area contributed by atoms with E-state index in [2.05, 4.69) is 15.0 Å². The average Bonchev–Trinajstić information content (AvgIpc) is 2.74. The lowest BCUT2D eigenvalue weighted by molar-refractivity contribution is -0.135. The van der Waals surface area contributed by atoms with E-state index in [-0.39, 0.29) is 29.3 Å². The van der Waals surface area contributed by atoms with E-state index in [1.807, 2.05) is 6.92 Å². The number of phenolic OH excluding ortho intramolecular Hbond substituents is 1. The van der Waals surface area contributed by atoms with Gasteiger partial charge in [-0.25, -0.2) is 9.78 Å². The second-order valence-corrected chi connectivity index (χ2v) is 6.39. The van der Waals surface area contributed by atoms with Crippen LogP contribution in [0.3, 0.4) is 0 Å². The van der Waals surface area contributed by atoms with E-state index in [4.69, 9.17) is 10.00 Å². The zero-order valence-corrected chi connectivity index (χ0v) is 17.1. The van der Waals surface area contributed by atoms with Crippen molar-refractivity contribution in [1.82, 2.24) is 4.98 Å². The molecule has 0 saturated heterocycles. The summed E-state index contributed by atoms with van der Waals surface area (Å²) in [4.78, 5) is 27.2. The third kappa shape index (κ3) is 5.58. The van der Waals surface area contributed by atoms with E-state index >= 15 is 0 Å². The molecule has 2 aromatic rings. The van der Waals surface area contributed by atoms with Crippen LogP contribution in [0.15, 0.2) is 42.2 Å². The van der Waals surface area contributed by atoms with Crippen molar-refractivity contribution < 1.29 is 24.2 Å². The molecule has 30 heavy (non-hydrogen) atoms. The molecular formula is C22H23N3O5. The number of pyridine rings is 1. The van der Waals surface area contributed by atoms with Crippen LogP contribution in [-0.4, -0.2) is 29.0 Å². The summed E-state index contributed by atoms with van der Waals surface area (Å²) in [5, 5.41) is 22.2. The zero-order valence-electron chi connectivity index (χ0n) is 17.1. The van der Waals surface area contributed by atoms with Crippen molar-refractivity contribution in [2.75, 3.05) is 12.4 Å². The Balaban J connectivity index is 2.17. The van der Waals surface area contributed by atoms with Gasteiger partial charge in [-0.15, -0.1) is 0 Å². The van der Waals surface area contributed by atoms with Crippen molar-refractivity contribution in [2.45, 2.75) is 33.3 Å². The summed E-state index contributed by atoms with van der Waals surface area (Å²) in [5.74, 6) is -0.0880. The summed E-state index contributed by atoms with van der Waals surface area (Å²) in [5.41, 5.74) is 1.45. The van der Waals surface area contributed by atoms with Crippen LogP contribution in [0.2, 0.25) is 0 Å². The quantitative estimate of drug-likeness (QED) is 0.279. The molecule has 0 spiro atoms. The summed E-state index contributed by atoms with van der Waals surface area (Å²) >= 11 is 0. The van der Waals surface area contributed by atoms with E-state index in [0.717, 1.165) is 12.0 Å². The molecule has 8 heteroatoms. The first kappa shape index (κ1) is 22.4. The fraction of sp³-hybridized carbons (Fsp3) is 0.273. The number of ether oxygens (including phenoxy) is 2. The molecule has 1 aromatic carbocycles. The smallest absolute Gasteiger partial charge is 0.350 e. The van der Waals surface area contributed by atoms with Crippen LogP contribution in [0.5, 0.6) is 11.5 Å². The van der Waals surface area contributed by atoms with Crippen molar-refractivity contribution in [2.24, 2.45) is 0 Å². The largest absolute Gasteiger partial charge is 0.507 e. The summed E-state index contributed by atoms with van der Waals surface area (Å²) < 4.78 is 10.4. The number of benzene rings is 1. The second-order valence-electron chi connectivity index (χ2n) is 6.39. The number of carbonyl (C=O) groups is 2. The molecule has 0 amide bonds. The van der Waals surface area contributed by atoms with Gasteiger partial charge in [-0.1, -0.05) is 13.3 Å². The molecule has 0 aliphatic carbocycles. The van der Waals surface area contributed by atoms with Crippen LogP contribution in [0.4, 0.5) is 5.82 Å². The van der Waals surface area contributed by atoms with E-state index in [9.17, 15) is 14.7 Å². The van der Waals surface area contributed by atoms with Crippen molar-refractivity contribution in [1.29, 1.82) is 5.26 Å². The number of nitrogens with zero attached hydrogens (tertiary/aromatic N) is 2. The van der Waals surface area contributed by atoms with Crippen LogP contribution in [0.1, 0.15) is 41.8 Å². The Morgan fingerprint density at radius 1 is 1.33 bits per heavy atom. The van der Waals surface area contributed by atoms with E-state index in [1.54, 1.807) is 36.5 Å². The van der Waals surface area contributed by atoms with Gasteiger partial charge in [0.2, 0.25) is 0 Å². The van der Waals surface area contributed by atoms with Crippen LogP contribution < -0.4 is 10.1 Å².